The lowest BCUT2D eigenvalue weighted by molar-refractivity contribution is 0.299. The van der Waals surface area contributed by atoms with Gasteiger partial charge in [-0.3, -0.25) is 0 Å². The molecule has 2 aromatic rings. The molecule has 1 atom stereocenters. The van der Waals surface area contributed by atoms with E-state index in [1.165, 1.54) is 12.1 Å². The Morgan fingerprint density at radius 1 is 1.16 bits per heavy atom. The Morgan fingerprint density at radius 2 is 1.89 bits per heavy atom. The van der Waals surface area contributed by atoms with Crippen LogP contribution in [0.25, 0.3) is 0 Å². The normalized spacial score (nSPS) is 12.2. The third-order valence-corrected chi connectivity index (χ3v) is 3.09. The topological polar surface area (TPSA) is 32.3 Å². The van der Waals surface area contributed by atoms with Gasteiger partial charge in [0.2, 0.25) is 0 Å². The maximum atomic E-state index is 13.2. The van der Waals surface area contributed by atoms with Crippen LogP contribution in [-0.4, -0.2) is 11.7 Å². The van der Waals surface area contributed by atoms with Crippen LogP contribution in [0.1, 0.15) is 24.1 Å². The van der Waals surface area contributed by atoms with Crippen LogP contribution in [0.15, 0.2) is 48.5 Å². The number of benzene rings is 2. The van der Waals surface area contributed by atoms with Crippen molar-refractivity contribution < 1.29 is 9.50 Å². The monoisotopic (exact) mass is 259 g/mol. The number of aliphatic hydroxyl groups is 1. The van der Waals surface area contributed by atoms with Crippen LogP contribution in [0.2, 0.25) is 0 Å². The first-order chi connectivity index (χ1) is 9.19. The summed E-state index contributed by atoms with van der Waals surface area (Å²) in [7, 11) is 0. The number of anilines is 1. The Labute approximate surface area is 112 Å². The first-order valence-corrected chi connectivity index (χ1v) is 6.41. The molecule has 0 heterocycles. The summed E-state index contributed by atoms with van der Waals surface area (Å²) in [6.07, 6.45) is 0.666. The Morgan fingerprint density at radius 3 is 2.53 bits per heavy atom. The van der Waals surface area contributed by atoms with Gasteiger partial charge in [0.25, 0.3) is 0 Å². The quantitative estimate of drug-likeness (QED) is 0.861. The third kappa shape index (κ3) is 3.80. The van der Waals surface area contributed by atoms with Crippen LogP contribution in [0.5, 0.6) is 0 Å². The van der Waals surface area contributed by atoms with Gasteiger partial charge in [-0.15, -0.1) is 0 Å². The van der Waals surface area contributed by atoms with Crippen molar-refractivity contribution in [3.63, 3.8) is 0 Å². The molecule has 1 unspecified atom stereocenters. The summed E-state index contributed by atoms with van der Waals surface area (Å²) in [4.78, 5) is 0. The van der Waals surface area contributed by atoms with Gasteiger partial charge in [-0.05, 0) is 48.7 Å². The van der Waals surface area contributed by atoms with E-state index in [0.717, 1.165) is 16.8 Å². The second-order valence-electron chi connectivity index (χ2n) is 4.59. The minimum Gasteiger partial charge on any atom is -0.396 e. The van der Waals surface area contributed by atoms with E-state index in [0.29, 0.717) is 6.42 Å². The molecule has 2 nitrogen and oxygen atoms in total. The predicted molar refractivity (Wildman–Crippen MR) is 75.7 cm³/mol. The highest BCUT2D eigenvalue weighted by Crippen LogP contribution is 2.20. The van der Waals surface area contributed by atoms with E-state index in [2.05, 4.69) is 5.32 Å². The predicted octanol–water partition coefficient (Wildman–Crippen LogP) is 3.53. The average molecular weight is 259 g/mol. The zero-order chi connectivity index (χ0) is 13.7. The number of rotatable bonds is 5. The lowest BCUT2D eigenvalue weighted by Crippen LogP contribution is -2.06. The minimum atomic E-state index is -0.218. The van der Waals surface area contributed by atoms with E-state index in [9.17, 15) is 4.39 Å². The molecule has 2 aromatic carbocycles. The van der Waals surface area contributed by atoms with Gasteiger partial charge in [0.05, 0.1) is 0 Å². The summed E-state index contributed by atoms with van der Waals surface area (Å²) in [6.45, 7) is 2.16. The van der Waals surface area contributed by atoms with Crippen molar-refractivity contribution in [1.29, 1.82) is 0 Å². The number of hydrogen-bond donors (Lipinski definition) is 2. The summed E-state index contributed by atoms with van der Waals surface area (Å²) in [5, 5.41) is 12.2. The van der Waals surface area contributed by atoms with Crippen LogP contribution in [-0.2, 0) is 6.42 Å². The average Bonchev–Trinajstić information content (AvgIpc) is 2.41. The van der Waals surface area contributed by atoms with E-state index >= 15 is 0 Å². The van der Waals surface area contributed by atoms with E-state index in [1.54, 1.807) is 6.07 Å². The molecule has 2 rings (SSSR count). The van der Waals surface area contributed by atoms with Gasteiger partial charge in [-0.25, -0.2) is 4.39 Å². The van der Waals surface area contributed by atoms with Crippen molar-refractivity contribution in [3.05, 3.63) is 65.5 Å². The smallest absolute Gasteiger partial charge is 0.123 e. The molecule has 3 heteroatoms. The minimum absolute atomic E-state index is 0.0411. The van der Waals surface area contributed by atoms with Crippen molar-refractivity contribution in [2.75, 3.05) is 11.9 Å². The first kappa shape index (κ1) is 13.6. The highest BCUT2D eigenvalue weighted by molar-refractivity contribution is 5.46. The van der Waals surface area contributed by atoms with Crippen LogP contribution < -0.4 is 5.32 Å². The molecule has 0 aliphatic rings. The molecule has 0 amide bonds. The fourth-order valence-electron chi connectivity index (χ4n) is 2.01. The standard InChI is InChI=1S/C16H18FNO/c1-12(14-3-2-4-15(17)11-14)18-16-7-5-13(6-8-16)9-10-19/h2-8,11-12,18-19H,9-10H2,1H3. The summed E-state index contributed by atoms with van der Waals surface area (Å²) >= 11 is 0. The van der Waals surface area contributed by atoms with Crippen LogP contribution in [0.3, 0.4) is 0 Å². The molecule has 0 bridgehead atoms. The lowest BCUT2D eigenvalue weighted by Gasteiger charge is -2.16. The van der Waals surface area contributed by atoms with Crippen LogP contribution in [0, 0.1) is 5.82 Å². The van der Waals surface area contributed by atoms with E-state index < -0.39 is 0 Å². The summed E-state index contributed by atoms with van der Waals surface area (Å²) in [5.74, 6) is -0.218. The van der Waals surface area contributed by atoms with Crippen LogP contribution in [0.4, 0.5) is 10.1 Å². The maximum absolute atomic E-state index is 13.2. The highest BCUT2D eigenvalue weighted by atomic mass is 19.1. The zero-order valence-electron chi connectivity index (χ0n) is 10.9. The number of halogens is 1. The Hall–Kier alpha value is -1.87. The van der Waals surface area contributed by atoms with Gasteiger partial charge in [-0.1, -0.05) is 24.3 Å². The van der Waals surface area contributed by atoms with Gasteiger partial charge in [0.15, 0.2) is 0 Å². The SMILES string of the molecule is CC(Nc1ccc(CCO)cc1)c1cccc(F)c1. The summed E-state index contributed by atoms with van der Waals surface area (Å²) in [6, 6.07) is 14.6. The molecule has 0 radical (unpaired) electrons. The van der Waals surface area contributed by atoms with Crippen molar-refractivity contribution in [3.8, 4) is 0 Å². The molecular weight excluding hydrogens is 241 g/mol. The fraction of sp³-hybridized carbons (Fsp3) is 0.250. The van der Waals surface area contributed by atoms with E-state index in [-0.39, 0.29) is 18.5 Å². The lowest BCUT2D eigenvalue weighted by atomic mass is 10.1. The van der Waals surface area contributed by atoms with Gasteiger partial charge in [0.1, 0.15) is 5.82 Å². The van der Waals surface area contributed by atoms with Crippen molar-refractivity contribution >= 4 is 5.69 Å². The van der Waals surface area contributed by atoms with Gasteiger partial charge >= 0.3 is 0 Å². The van der Waals surface area contributed by atoms with Gasteiger partial charge in [-0.2, -0.15) is 0 Å². The number of hydrogen-bond acceptors (Lipinski definition) is 2. The summed E-state index contributed by atoms with van der Waals surface area (Å²) < 4.78 is 13.2. The van der Waals surface area contributed by atoms with E-state index in [4.69, 9.17) is 5.11 Å². The molecule has 0 saturated carbocycles. The molecular formula is C16H18FNO. The Bertz CT molecular complexity index is 525. The largest absolute Gasteiger partial charge is 0.396 e. The fourth-order valence-corrected chi connectivity index (χ4v) is 2.01. The van der Waals surface area contributed by atoms with Crippen molar-refractivity contribution in [2.45, 2.75) is 19.4 Å². The van der Waals surface area contributed by atoms with Gasteiger partial charge < -0.3 is 10.4 Å². The van der Waals surface area contributed by atoms with E-state index in [1.807, 2.05) is 37.3 Å². The Kier molecular flexibility index (Phi) is 4.53. The van der Waals surface area contributed by atoms with Crippen LogP contribution >= 0.6 is 0 Å². The molecule has 0 saturated heterocycles. The molecule has 0 aliphatic heterocycles. The zero-order valence-corrected chi connectivity index (χ0v) is 10.9. The number of aliphatic hydroxyl groups excluding tert-OH is 1. The second kappa shape index (κ2) is 6.34. The molecule has 0 spiro atoms. The molecule has 0 aromatic heterocycles. The van der Waals surface area contributed by atoms with Crippen molar-refractivity contribution in [1.82, 2.24) is 0 Å². The molecule has 100 valence electrons. The third-order valence-electron chi connectivity index (χ3n) is 3.09. The molecule has 0 fully saturated rings. The van der Waals surface area contributed by atoms with Crippen molar-refractivity contribution in [2.24, 2.45) is 0 Å². The first-order valence-electron chi connectivity index (χ1n) is 6.41. The Balaban J connectivity index is 2.04. The molecule has 0 aliphatic carbocycles. The molecule has 19 heavy (non-hydrogen) atoms. The number of nitrogens with one attached hydrogen (secondary N) is 1. The van der Waals surface area contributed by atoms with Gasteiger partial charge in [0, 0.05) is 18.3 Å². The highest BCUT2D eigenvalue weighted by Gasteiger charge is 2.06. The second-order valence-corrected chi connectivity index (χ2v) is 4.59. The summed E-state index contributed by atoms with van der Waals surface area (Å²) in [5.41, 5.74) is 3.00. The maximum Gasteiger partial charge on any atom is 0.123 e. The molecule has 2 N–H and O–H groups in total.